The minimum absolute atomic E-state index is 0.686. The summed E-state index contributed by atoms with van der Waals surface area (Å²) in [6.45, 7) is 9.14. The van der Waals surface area contributed by atoms with Crippen molar-refractivity contribution in [3.05, 3.63) is 58.5 Å². The molecule has 0 radical (unpaired) electrons. The molecule has 1 aliphatic heterocycles. The third-order valence-electron chi connectivity index (χ3n) is 5.70. The summed E-state index contributed by atoms with van der Waals surface area (Å²) in [6.07, 6.45) is 3.62. The first kappa shape index (κ1) is 20.1. The predicted molar refractivity (Wildman–Crippen MR) is 124 cm³/mol. The molecule has 0 aliphatic carbocycles. The molecule has 1 aromatic carbocycles. The summed E-state index contributed by atoms with van der Waals surface area (Å²) in [6, 6.07) is 8.41. The van der Waals surface area contributed by atoms with Crippen LogP contribution in [0.2, 0.25) is 0 Å². The Balaban J connectivity index is 1.42. The molecule has 160 valence electrons. The number of nitrogens with one attached hydrogen (secondary N) is 2. The quantitative estimate of drug-likeness (QED) is 0.475. The summed E-state index contributed by atoms with van der Waals surface area (Å²) in [5.74, 6) is 2.66. The molecule has 0 amide bonds. The van der Waals surface area contributed by atoms with Crippen molar-refractivity contribution in [2.24, 2.45) is 0 Å². The Morgan fingerprint density at radius 2 is 2.06 bits per heavy atom. The lowest BCUT2D eigenvalue weighted by Crippen LogP contribution is -2.36. The Bertz CT molecular complexity index is 1180. The van der Waals surface area contributed by atoms with Gasteiger partial charge in [-0.15, -0.1) is 11.3 Å². The number of hydrogen-bond acceptors (Lipinski definition) is 7. The zero-order chi connectivity index (χ0) is 21.2. The van der Waals surface area contributed by atoms with E-state index in [2.05, 4.69) is 58.3 Å². The number of fused-ring (bicyclic) bond motifs is 1. The maximum atomic E-state index is 5.47. The Kier molecular flexibility index (Phi) is 5.67. The van der Waals surface area contributed by atoms with Crippen LogP contribution >= 0.6 is 11.3 Å². The number of hydrogen-bond donors (Lipinski definition) is 2. The van der Waals surface area contributed by atoms with Crippen molar-refractivity contribution in [1.82, 2.24) is 24.8 Å². The van der Waals surface area contributed by atoms with Crippen molar-refractivity contribution in [3.63, 3.8) is 0 Å². The zero-order valence-corrected chi connectivity index (χ0v) is 18.6. The third-order valence-corrected chi connectivity index (χ3v) is 6.80. The molecule has 3 aromatic heterocycles. The van der Waals surface area contributed by atoms with Gasteiger partial charge in [0.15, 0.2) is 0 Å². The maximum absolute atomic E-state index is 5.47. The predicted octanol–water partition coefficient (Wildman–Crippen LogP) is 4.14. The summed E-state index contributed by atoms with van der Waals surface area (Å²) >= 11 is 1.74. The van der Waals surface area contributed by atoms with Crippen LogP contribution in [-0.2, 0) is 17.8 Å². The monoisotopic (exact) mass is 434 g/mol. The van der Waals surface area contributed by atoms with E-state index in [1.54, 1.807) is 17.5 Å². The van der Waals surface area contributed by atoms with Crippen LogP contribution < -0.4 is 5.32 Å². The number of H-pyrrole nitrogens is 1. The molecule has 0 spiro atoms. The second-order valence-electron chi connectivity index (χ2n) is 7.83. The van der Waals surface area contributed by atoms with Crippen LogP contribution in [0.3, 0.4) is 0 Å². The van der Waals surface area contributed by atoms with Gasteiger partial charge in [0.25, 0.3) is 0 Å². The number of benzene rings is 1. The molecule has 8 heteroatoms. The molecule has 4 heterocycles. The number of aromatic amines is 1. The van der Waals surface area contributed by atoms with E-state index in [9.17, 15) is 0 Å². The molecule has 5 rings (SSSR count). The Labute approximate surface area is 185 Å². The van der Waals surface area contributed by atoms with Crippen LogP contribution in [0.1, 0.15) is 21.8 Å². The van der Waals surface area contributed by atoms with E-state index in [-0.39, 0.29) is 0 Å². The molecule has 0 unspecified atom stereocenters. The average molecular weight is 435 g/mol. The first-order valence-corrected chi connectivity index (χ1v) is 11.4. The van der Waals surface area contributed by atoms with Gasteiger partial charge in [0, 0.05) is 42.5 Å². The lowest BCUT2D eigenvalue weighted by Gasteiger charge is -2.25. The van der Waals surface area contributed by atoms with Crippen LogP contribution in [0.4, 0.5) is 5.82 Å². The average Bonchev–Trinajstić information content (AvgIpc) is 3.42. The van der Waals surface area contributed by atoms with E-state index in [0.29, 0.717) is 6.54 Å². The van der Waals surface area contributed by atoms with E-state index in [4.69, 9.17) is 14.7 Å². The number of thiophene rings is 1. The molecule has 1 aliphatic rings. The summed E-state index contributed by atoms with van der Waals surface area (Å²) in [5.41, 5.74) is 3.51. The fraction of sp³-hybridized carbons (Fsp3) is 0.348. The molecule has 1 saturated heterocycles. The summed E-state index contributed by atoms with van der Waals surface area (Å²) < 4.78 is 5.47. The molecule has 0 saturated carbocycles. The molecule has 0 atom stereocenters. The van der Waals surface area contributed by atoms with Gasteiger partial charge in [-0.05, 0) is 31.0 Å². The van der Waals surface area contributed by atoms with E-state index in [0.717, 1.165) is 66.1 Å². The number of nitrogens with zero attached hydrogens (tertiary/aromatic N) is 4. The SMILES string of the molecule is Cc1sc2nc(CN3CCOCC3)nc(NCc3cccc(-c4ncc[nH]4)c3)c2c1C. The van der Waals surface area contributed by atoms with Crippen molar-refractivity contribution < 1.29 is 4.74 Å². The number of rotatable bonds is 6. The molecule has 7 nitrogen and oxygen atoms in total. The van der Waals surface area contributed by atoms with Gasteiger partial charge in [-0.25, -0.2) is 15.0 Å². The van der Waals surface area contributed by atoms with Crippen molar-refractivity contribution >= 4 is 27.4 Å². The highest BCUT2D eigenvalue weighted by Crippen LogP contribution is 2.33. The third kappa shape index (κ3) is 4.32. The van der Waals surface area contributed by atoms with Gasteiger partial charge in [-0.2, -0.15) is 0 Å². The highest BCUT2D eigenvalue weighted by Gasteiger charge is 2.17. The Hall–Kier alpha value is -2.81. The number of morpholine rings is 1. The van der Waals surface area contributed by atoms with Gasteiger partial charge in [0.2, 0.25) is 0 Å². The number of imidazole rings is 1. The highest BCUT2D eigenvalue weighted by molar-refractivity contribution is 7.18. The summed E-state index contributed by atoms with van der Waals surface area (Å²) in [7, 11) is 0. The minimum atomic E-state index is 0.686. The number of aryl methyl sites for hydroxylation is 2. The molecule has 4 aromatic rings. The molecule has 1 fully saturated rings. The molecule has 0 bridgehead atoms. The van der Waals surface area contributed by atoms with Gasteiger partial charge in [-0.1, -0.05) is 18.2 Å². The number of anilines is 1. The van der Waals surface area contributed by atoms with E-state index in [1.807, 2.05) is 6.20 Å². The van der Waals surface area contributed by atoms with E-state index >= 15 is 0 Å². The number of aromatic nitrogens is 4. The fourth-order valence-corrected chi connectivity index (χ4v) is 4.94. The van der Waals surface area contributed by atoms with Crippen molar-refractivity contribution in [2.75, 3.05) is 31.6 Å². The first-order chi connectivity index (χ1) is 15.2. The lowest BCUT2D eigenvalue weighted by molar-refractivity contribution is 0.0331. The topological polar surface area (TPSA) is 79.0 Å². The number of ether oxygens (including phenoxy) is 1. The van der Waals surface area contributed by atoms with E-state index < -0.39 is 0 Å². The van der Waals surface area contributed by atoms with Crippen molar-refractivity contribution in [2.45, 2.75) is 26.9 Å². The molecular weight excluding hydrogens is 408 g/mol. The second-order valence-corrected chi connectivity index (χ2v) is 9.04. The van der Waals surface area contributed by atoms with E-state index in [1.165, 1.54) is 16.0 Å². The lowest BCUT2D eigenvalue weighted by atomic mass is 10.1. The largest absolute Gasteiger partial charge is 0.379 e. The summed E-state index contributed by atoms with van der Waals surface area (Å²) in [4.78, 5) is 22.1. The fourth-order valence-electron chi connectivity index (χ4n) is 3.89. The maximum Gasteiger partial charge on any atom is 0.146 e. The smallest absolute Gasteiger partial charge is 0.146 e. The Morgan fingerprint density at radius 3 is 2.87 bits per heavy atom. The van der Waals surface area contributed by atoms with Gasteiger partial charge < -0.3 is 15.0 Å². The van der Waals surface area contributed by atoms with Crippen LogP contribution in [0, 0.1) is 13.8 Å². The van der Waals surface area contributed by atoms with Crippen LogP contribution in [0.5, 0.6) is 0 Å². The normalized spacial score (nSPS) is 14.9. The highest BCUT2D eigenvalue weighted by atomic mass is 32.1. The van der Waals surface area contributed by atoms with Crippen LogP contribution in [-0.4, -0.2) is 51.1 Å². The van der Waals surface area contributed by atoms with Crippen molar-refractivity contribution in [3.8, 4) is 11.4 Å². The van der Waals surface area contributed by atoms with Gasteiger partial charge in [0.1, 0.15) is 22.3 Å². The van der Waals surface area contributed by atoms with Gasteiger partial charge in [-0.3, -0.25) is 4.90 Å². The molecule has 31 heavy (non-hydrogen) atoms. The standard InChI is InChI=1S/C23H26N6OS/c1-15-16(2)31-23-20(15)22(27-19(28-23)14-29-8-10-30-11-9-29)26-13-17-4-3-5-18(12-17)21-24-6-7-25-21/h3-7,12H,8-11,13-14H2,1-2H3,(H,24,25)(H,26,27,28). The van der Waals surface area contributed by atoms with Gasteiger partial charge in [0.05, 0.1) is 25.1 Å². The Morgan fingerprint density at radius 1 is 1.19 bits per heavy atom. The molecular formula is C23H26N6OS. The summed E-state index contributed by atoms with van der Waals surface area (Å²) in [5, 5.41) is 4.72. The van der Waals surface area contributed by atoms with Crippen molar-refractivity contribution in [1.29, 1.82) is 0 Å². The minimum Gasteiger partial charge on any atom is -0.379 e. The first-order valence-electron chi connectivity index (χ1n) is 10.6. The second kappa shape index (κ2) is 8.74. The van der Waals surface area contributed by atoms with Crippen LogP contribution in [0.15, 0.2) is 36.7 Å². The molecule has 2 N–H and O–H groups in total. The van der Waals surface area contributed by atoms with Crippen LogP contribution in [0.25, 0.3) is 21.6 Å². The zero-order valence-electron chi connectivity index (χ0n) is 17.8. The van der Waals surface area contributed by atoms with Gasteiger partial charge >= 0.3 is 0 Å².